The summed E-state index contributed by atoms with van der Waals surface area (Å²) in [6, 6.07) is 3.40. The lowest BCUT2D eigenvalue weighted by Gasteiger charge is -2.14. The number of hydrogen-bond donors (Lipinski definition) is 0. The molecule has 0 aliphatic rings. The topological polar surface area (TPSA) is 48.7 Å². The van der Waals surface area contributed by atoms with Crippen molar-refractivity contribution in [3.63, 3.8) is 0 Å². The number of nitrogens with zero attached hydrogens (tertiary/aromatic N) is 3. The first-order valence-electron chi connectivity index (χ1n) is 7.48. The van der Waals surface area contributed by atoms with E-state index in [4.69, 9.17) is 4.74 Å². The Morgan fingerprint density at radius 2 is 1.86 bits per heavy atom. The van der Waals surface area contributed by atoms with Crippen molar-refractivity contribution in [3.8, 4) is 17.0 Å². The maximum atomic E-state index is 13.2. The number of rotatable bonds is 4. The van der Waals surface area contributed by atoms with Crippen LogP contribution in [-0.2, 0) is 17.5 Å². The van der Waals surface area contributed by atoms with Crippen molar-refractivity contribution in [1.29, 1.82) is 0 Å². The van der Waals surface area contributed by atoms with Crippen LogP contribution in [0.5, 0.6) is 5.75 Å². The third-order valence-corrected chi connectivity index (χ3v) is 4.20. The van der Waals surface area contributed by atoms with Crippen LogP contribution in [0, 0.1) is 0 Å². The highest BCUT2D eigenvalue weighted by Gasteiger charge is 2.37. The van der Waals surface area contributed by atoms with Gasteiger partial charge in [-0.25, -0.2) is 4.98 Å². The summed E-state index contributed by atoms with van der Waals surface area (Å²) in [6.45, 7) is -0.107. The van der Waals surface area contributed by atoms with Crippen LogP contribution in [0.15, 0.2) is 35.2 Å². The minimum atomic E-state index is -4.88. The highest BCUT2D eigenvalue weighted by atomic mass is 79.9. The van der Waals surface area contributed by atoms with E-state index in [9.17, 15) is 26.3 Å². The predicted molar refractivity (Wildman–Crippen MR) is 88.5 cm³/mol. The fraction of sp³-hybridized carbons (Fsp3) is 0.250. The second-order valence-electron chi connectivity index (χ2n) is 5.55. The number of methoxy groups -OCH3 is 1. The second-order valence-corrected chi connectivity index (χ2v) is 6.30. The van der Waals surface area contributed by atoms with Gasteiger partial charge in [-0.3, -0.25) is 9.38 Å². The smallest absolute Gasteiger partial charge is 0.406 e. The summed E-state index contributed by atoms with van der Waals surface area (Å²) >= 11 is 2.95. The summed E-state index contributed by atoms with van der Waals surface area (Å²) in [4.78, 5) is 7.56. The van der Waals surface area contributed by atoms with Crippen molar-refractivity contribution < 1.29 is 35.8 Å². The summed E-state index contributed by atoms with van der Waals surface area (Å²) in [5.74, 6) is -1.64. The maximum absolute atomic E-state index is 13.2. The minimum absolute atomic E-state index is 0.0371. The molecule has 1 aromatic carbocycles. The van der Waals surface area contributed by atoms with Gasteiger partial charge in [0.2, 0.25) is 5.82 Å². The molecule has 0 amide bonds. The van der Waals surface area contributed by atoms with Gasteiger partial charge in [0, 0.05) is 18.9 Å². The van der Waals surface area contributed by atoms with Gasteiger partial charge in [0.25, 0.3) is 0 Å². The molecule has 2 aromatic heterocycles. The SMILES string of the molecule is COCc1cc(OC(F)(F)F)ccc1-c1cn2c(C(F)(F)F)nc(Br)c2cn1. The molecule has 0 atom stereocenters. The van der Waals surface area contributed by atoms with Crippen LogP contribution in [0.1, 0.15) is 11.4 Å². The molecule has 2 heterocycles. The van der Waals surface area contributed by atoms with E-state index in [1.54, 1.807) is 0 Å². The fourth-order valence-electron chi connectivity index (χ4n) is 2.58. The standard InChI is InChI=1S/C16H10BrF6N3O2/c1-27-7-8-4-9(28-16(21,22)23)2-3-10(8)11-6-26-12(5-24-11)13(17)25-14(26)15(18,19)20/h2-6H,7H2,1H3. The van der Waals surface area contributed by atoms with Crippen molar-refractivity contribution in [2.45, 2.75) is 19.1 Å². The van der Waals surface area contributed by atoms with Crippen molar-refractivity contribution >= 4 is 21.4 Å². The third kappa shape index (κ3) is 4.22. The zero-order chi connectivity index (χ0) is 20.7. The lowest BCUT2D eigenvalue weighted by atomic mass is 10.0. The Labute approximate surface area is 162 Å². The highest BCUT2D eigenvalue weighted by Crippen LogP contribution is 2.34. The molecule has 5 nitrogen and oxygen atoms in total. The molecule has 3 aromatic rings. The van der Waals surface area contributed by atoms with Crippen molar-refractivity contribution in [2.24, 2.45) is 0 Å². The predicted octanol–water partition coefficient (Wildman–Crippen LogP) is 5.22. The molecule has 0 saturated heterocycles. The average Bonchev–Trinajstić information content (AvgIpc) is 2.91. The molecule has 0 fully saturated rings. The number of hydrogen-bond acceptors (Lipinski definition) is 4. The number of imidazole rings is 1. The summed E-state index contributed by atoms with van der Waals surface area (Å²) in [7, 11) is 1.33. The average molecular weight is 470 g/mol. The van der Waals surface area contributed by atoms with Crippen LogP contribution in [-0.4, -0.2) is 27.8 Å². The zero-order valence-electron chi connectivity index (χ0n) is 13.9. The van der Waals surface area contributed by atoms with Gasteiger partial charge < -0.3 is 9.47 Å². The van der Waals surface area contributed by atoms with Crippen LogP contribution in [0.25, 0.3) is 16.8 Å². The molecule has 0 bridgehead atoms. The molecule has 3 rings (SSSR count). The second kappa shape index (κ2) is 7.24. The zero-order valence-corrected chi connectivity index (χ0v) is 15.5. The first kappa shape index (κ1) is 20.4. The summed E-state index contributed by atoms with van der Waals surface area (Å²) in [5.41, 5.74) is 0.718. The van der Waals surface area contributed by atoms with E-state index in [2.05, 4.69) is 30.6 Å². The number of halogens is 7. The molecule has 0 radical (unpaired) electrons. The Morgan fingerprint density at radius 1 is 1.14 bits per heavy atom. The van der Waals surface area contributed by atoms with Gasteiger partial charge in [0.1, 0.15) is 10.4 Å². The largest absolute Gasteiger partial charge is 0.573 e. The molecule has 0 unspecified atom stereocenters. The molecule has 0 aliphatic carbocycles. The van der Waals surface area contributed by atoms with E-state index in [0.717, 1.165) is 22.7 Å². The van der Waals surface area contributed by atoms with Crippen molar-refractivity contribution in [2.75, 3.05) is 7.11 Å². The first-order valence-corrected chi connectivity index (χ1v) is 8.27. The lowest BCUT2D eigenvalue weighted by Crippen LogP contribution is -2.17. The van der Waals surface area contributed by atoms with Gasteiger partial charge in [0.05, 0.1) is 24.0 Å². The Hall–Kier alpha value is -2.34. The van der Waals surface area contributed by atoms with Crippen LogP contribution in [0.4, 0.5) is 26.3 Å². The molecule has 150 valence electrons. The van der Waals surface area contributed by atoms with E-state index in [-0.39, 0.29) is 33.5 Å². The number of fused-ring (bicyclic) bond motifs is 1. The molecule has 12 heteroatoms. The van der Waals surface area contributed by atoms with E-state index >= 15 is 0 Å². The van der Waals surface area contributed by atoms with Gasteiger partial charge in [-0.2, -0.15) is 13.2 Å². The van der Waals surface area contributed by atoms with E-state index in [1.807, 2.05) is 0 Å². The first-order chi connectivity index (χ1) is 13.0. The molecule has 0 N–H and O–H groups in total. The van der Waals surface area contributed by atoms with E-state index in [1.165, 1.54) is 19.4 Å². The molecule has 0 spiro atoms. The van der Waals surface area contributed by atoms with Crippen LogP contribution in [0.2, 0.25) is 0 Å². The Balaban J connectivity index is 2.13. The van der Waals surface area contributed by atoms with Crippen LogP contribution < -0.4 is 4.74 Å². The highest BCUT2D eigenvalue weighted by molar-refractivity contribution is 9.10. The van der Waals surface area contributed by atoms with Crippen molar-refractivity contribution in [3.05, 3.63) is 46.6 Å². The molecular formula is C16H10BrF6N3O2. The number of alkyl halides is 6. The number of benzene rings is 1. The van der Waals surface area contributed by atoms with Crippen LogP contribution in [0.3, 0.4) is 0 Å². The Kier molecular flexibility index (Phi) is 5.28. The molecular weight excluding hydrogens is 460 g/mol. The molecule has 0 saturated carbocycles. The monoisotopic (exact) mass is 469 g/mol. The van der Waals surface area contributed by atoms with E-state index in [0.29, 0.717) is 0 Å². The van der Waals surface area contributed by atoms with Crippen LogP contribution >= 0.6 is 15.9 Å². The molecule has 0 aliphatic heterocycles. The number of ether oxygens (including phenoxy) is 2. The lowest BCUT2D eigenvalue weighted by molar-refractivity contribution is -0.274. The summed E-state index contributed by atoms with van der Waals surface area (Å²) in [6.07, 6.45) is -7.31. The number of aromatic nitrogens is 3. The maximum Gasteiger partial charge on any atom is 0.573 e. The third-order valence-electron chi connectivity index (χ3n) is 3.62. The van der Waals surface area contributed by atoms with Gasteiger partial charge in [0.15, 0.2) is 0 Å². The summed E-state index contributed by atoms with van der Waals surface area (Å²) < 4.78 is 86.5. The Bertz CT molecular complexity index is 1020. The van der Waals surface area contributed by atoms with Gasteiger partial charge in [-0.05, 0) is 39.7 Å². The van der Waals surface area contributed by atoms with Gasteiger partial charge in [-0.1, -0.05) is 0 Å². The quantitative estimate of drug-likeness (QED) is 0.491. The Morgan fingerprint density at radius 3 is 2.46 bits per heavy atom. The van der Waals surface area contributed by atoms with Gasteiger partial charge >= 0.3 is 12.5 Å². The van der Waals surface area contributed by atoms with E-state index < -0.39 is 24.1 Å². The summed E-state index contributed by atoms with van der Waals surface area (Å²) in [5, 5.41) is 0. The minimum Gasteiger partial charge on any atom is -0.406 e. The molecule has 28 heavy (non-hydrogen) atoms. The van der Waals surface area contributed by atoms with Crippen molar-refractivity contribution in [1.82, 2.24) is 14.4 Å². The van der Waals surface area contributed by atoms with Gasteiger partial charge in [-0.15, -0.1) is 13.2 Å². The normalized spacial score (nSPS) is 12.6. The fourth-order valence-corrected chi connectivity index (χ4v) is 3.04.